The molecule has 1 aliphatic carbocycles. The molecule has 3 aromatic rings. The molecule has 1 aromatic carbocycles. The van der Waals surface area contributed by atoms with Gasteiger partial charge in [-0.25, -0.2) is 4.98 Å². The van der Waals surface area contributed by atoms with E-state index < -0.39 is 0 Å². The lowest BCUT2D eigenvalue weighted by Crippen LogP contribution is -2.15. The van der Waals surface area contributed by atoms with Crippen LogP contribution in [0, 0.1) is 6.92 Å². The summed E-state index contributed by atoms with van der Waals surface area (Å²) in [6.07, 6.45) is 6.42. The number of hydrogen-bond acceptors (Lipinski definition) is 2. The van der Waals surface area contributed by atoms with Crippen LogP contribution in [-0.2, 0) is 6.54 Å². The van der Waals surface area contributed by atoms with Crippen LogP contribution in [0.15, 0.2) is 47.5 Å². The molecule has 1 saturated carbocycles. The Labute approximate surface area is 122 Å². The molecule has 4 rings (SSSR count). The summed E-state index contributed by atoms with van der Waals surface area (Å²) in [6, 6.07) is 10.1. The van der Waals surface area contributed by atoms with Gasteiger partial charge in [0, 0.05) is 35.6 Å². The number of benzene rings is 1. The molecule has 0 amide bonds. The Balaban J connectivity index is 1.86. The van der Waals surface area contributed by atoms with E-state index in [1.807, 2.05) is 37.4 Å². The molecular weight excluding hydrogens is 262 g/mol. The number of aryl methyl sites for hydroxylation is 1. The van der Waals surface area contributed by atoms with Crippen LogP contribution in [0.5, 0.6) is 0 Å². The van der Waals surface area contributed by atoms with Crippen LogP contribution >= 0.6 is 0 Å². The Morgan fingerprint density at radius 1 is 1.29 bits per heavy atom. The molecule has 0 bridgehead atoms. The Hall–Kier alpha value is -2.36. The quantitative estimate of drug-likeness (QED) is 0.739. The van der Waals surface area contributed by atoms with Crippen LogP contribution in [0.2, 0.25) is 0 Å². The summed E-state index contributed by atoms with van der Waals surface area (Å²) in [4.78, 5) is 16.6. The number of fused-ring (bicyclic) bond motifs is 1. The monoisotopic (exact) mass is 279 g/mol. The largest absolute Gasteiger partial charge is 0.337 e. The fourth-order valence-corrected chi connectivity index (χ4v) is 2.96. The highest BCUT2D eigenvalue weighted by Gasteiger charge is 2.25. The maximum absolute atomic E-state index is 12.1. The van der Waals surface area contributed by atoms with Gasteiger partial charge in [-0.2, -0.15) is 0 Å². The number of pyridine rings is 1. The van der Waals surface area contributed by atoms with E-state index in [0.29, 0.717) is 12.6 Å². The van der Waals surface area contributed by atoms with E-state index >= 15 is 0 Å². The van der Waals surface area contributed by atoms with Crippen LogP contribution < -0.4 is 5.43 Å². The molecular formula is C17H17N3O. The zero-order valence-corrected chi connectivity index (χ0v) is 12.0. The van der Waals surface area contributed by atoms with Gasteiger partial charge in [0.05, 0.1) is 12.1 Å². The Bertz CT molecular complexity index is 871. The van der Waals surface area contributed by atoms with Crippen molar-refractivity contribution >= 4 is 10.9 Å². The van der Waals surface area contributed by atoms with Gasteiger partial charge in [0.2, 0.25) is 0 Å². The second-order valence-corrected chi connectivity index (χ2v) is 5.74. The lowest BCUT2D eigenvalue weighted by molar-refractivity contribution is 0.640. The van der Waals surface area contributed by atoms with Gasteiger partial charge in [0.15, 0.2) is 5.43 Å². The SMILES string of the molecule is Cc1cc(=O)c2ccccc2n1Cc1nccn1C1CC1. The number of imidazole rings is 1. The topological polar surface area (TPSA) is 39.8 Å². The Morgan fingerprint density at radius 2 is 2.10 bits per heavy atom. The zero-order chi connectivity index (χ0) is 14.4. The van der Waals surface area contributed by atoms with Gasteiger partial charge in [0.1, 0.15) is 5.82 Å². The summed E-state index contributed by atoms with van der Waals surface area (Å²) < 4.78 is 4.45. The van der Waals surface area contributed by atoms with Gasteiger partial charge in [-0.3, -0.25) is 4.79 Å². The number of aromatic nitrogens is 3. The van der Waals surface area contributed by atoms with Crippen molar-refractivity contribution in [2.24, 2.45) is 0 Å². The van der Waals surface area contributed by atoms with Crippen molar-refractivity contribution in [3.05, 3.63) is 64.5 Å². The van der Waals surface area contributed by atoms with Crippen molar-refractivity contribution in [1.29, 1.82) is 0 Å². The fourth-order valence-electron chi connectivity index (χ4n) is 2.96. The van der Waals surface area contributed by atoms with E-state index in [2.05, 4.69) is 20.3 Å². The molecule has 1 fully saturated rings. The first-order chi connectivity index (χ1) is 10.2. The van der Waals surface area contributed by atoms with Crippen molar-refractivity contribution in [3.8, 4) is 0 Å². The maximum Gasteiger partial charge on any atom is 0.189 e. The van der Waals surface area contributed by atoms with Gasteiger partial charge in [-0.15, -0.1) is 0 Å². The Morgan fingerprint density at radius 3 is 2.90 bits per heavy atom. The first kappa shape index (κ1) is 12.4. The van der Waals surface area contributed by atoms with Crippen molar-refractivity contribution in [3.63, 3.8) is 0 Å². The van der Waals surface area contributed by atoms with Gasteiger partial charge >= 0.3 is 0 Å². The third-order valence-corrected chi connectivity index (χ3v) is 4.21. The second-order valence-electron chi connectivity index (χ2n) is 5.74. The number of para-hydroxylation sites is 1. The smallest absolute Gasteiger partial charge is 0.189 e. The highest BCUT2D eigenvalue weighted by Crippen LogP contribution is 2.35. The molecule has 4 heteroatoms. The van der Waals surface area contributed by atoms with Crippen LogP contribution in [0.25, 0.3) is 10.9 Å². The highest BCUT2D eigenvalue weighted by molar-refractivity contribution is 5.79. The van der Waals surface area contributed by atoms with Crippen LogP contribution in [0.1, 0.15) is 30.4 Å². The Kier molecular flexibility index (Phi) is 2.70. The third-order valence-electron chi connectivity index (χ3n) is 4.21. The first-order valence-electron chi connectivity index (χ1n) is 7.35. The minimum Gasteiger partial charge on any atom is -0.337 e. The summed E-state index contributed by atoms with van der Waals surface area (Å²) in [5.41, 5.74) is 2.04. The minimum absolute atomic E-state index is 0.0879. The van der Waals surface area contributed by atoms with Gasteiger partial charge in [-0.1, -0.05) is 12.1 Å². The van der Waals surface area contributed by atoms with Gasteiger partial charge in [-0.05, 0) is 31.9 Å². The van der Waals surface area contributed by atoms with Crippen LogP contribution in [0.4, 0.5) is 0 Å². The van der Waals surface area contributed by atoms with E-state index in [4.69, 9.17) is 0 Å². The van der Waals surface area contributed by atoms with Crippen molar-refractivity contribution in [2.75, 3.05) is 0 Å². The van der Waals surface area contributed by atoms with Crippen LogP contribution in [0.3, 0.4) is 0 Å². The molecule has 0 aliphatic heterocycles. The number of nitrogens with zero attached hydrogens (tertiary/aromatic N) is 3. The molecule has 0 atom stereocenters. The van der Waals surface area contributed by atoms with E-state index in [1.165, 1.54) is 12.8 Å². The summed E-state index contributed by atoms with van der Waals surface area (Å²) in [5, 5.41) is 0.771. The van der Waals surface area contributed by atoms with Crippen molar-refractivity contribution < 1.29 is 0 Å². The molecule has 106 valence electrons. The molecule has 1 aliphatic rings. The first-order valence-corrected chi connectivity index (χ1v) is 7.35. The predicted octanol–water partition coefficient (Wildman–Crippen LogP) is 2.89. The van der Waals surface area contributed by atoms with E-state index in [1.54, 1.807) is 6.07 Å². The summed E-state index contributed by atoms with van der Waals surface area (Å²) in [5.74, 6) is 1.06. The average Bonchev–Trinajstić information content (AvgIpc) is 3.23. The molecule has 0 spiro atoms. The molecule has 0 saturated heterocycles. The van der Waals surface area contributed by atoms with Crippen molar-refractivity contribution in [2.45, 2.75) is 32.4 Å². The normalized spacial score (nSPS) is 14.7. The molecule has 0 N–H and O–H groups in total. The van der Waals surface area contributed by atoms with E-state index in [0.717, 1.165) is 22.4 Å². The van der Waals surface area contributed by atoms with Crippen LogP contribution in [-0.4, -0.2) is 14.1 Å². The molecule has 2 aromatic heterocycles. The maximum atomic E-state index is 12.1. The molecule has 21 heavy (non-hydrogen) atoms. The predicted molar refractivity (Wildman–Crippen MR) is 82.5 cm³/mol. The third kappa shape index (κ3) is 2.07. The summed E-state index contributed by atoms with van der Waals surface area (Å²) in [7, 11) is 0. The molecule has 0 radical (unpaired) electrons. The summed E-state index contributed by atoms with van der Waals surface area (Å²) in [6.45, 7) is 2.69. The average molecular weight is 279 g/mol. The highest BCUT2D eigenvalue weighted by atomic mass is 16.1. The zero-order valence-electron chi connectivity index (χ0n) is 12.0. The lowest BCUT2D eigenvalue weighted by atomic mass is 10.2. The molecule has 2 heterocycles. The van der Waals surface area contributed by atoms with Gasteiger partial charge in [0.25, 0.3) is 0 Å². The summed E-state index contributed by atoms with van der Waals surface area (Å²) >= 11 is 0. The van der Waals surface area contributed by atoms with E-state index in [9.17, 15) is 4.79 Å². The number of rotatable bonds is 3. The standard InChI is InChI=1S/C17H17N3O/c1-12-10-16(21)14-4-2-3-5-15(14)20(12)11-17-18-8-9-19(17)13-6-7-13/h2-5,8-10,13H,6-7,11H2,1H3. The molecule has 0 unspecified atom stereocenters. The molecule has 4 nitrogen and oxygen atoms in total. The lowest BCUT2D eigenvalue weighted by Gasteiger charge is -2.15. The van der Waals surface area contributed by atoms with E-state index in [-0.39, 0.29) is 5.43 Å². The van der Waals surface area contributed by atoms with Gasteiger partial charge < -0.3 is 9.13 Å². The second kappa shape index (κ2) is 4.58. The fraction of sp³-hybridized carbons (Fsp3) is 0.294. The minimum atomic E-state index is 0.0879. The van der Waals surface area contributed by atoms with Crippen molar-refractivity contribution in [1.82, 2.24) is 14.1 Å². The number of hydrogen-bond donors (Lipinski definition) is 0.